The van der Waals surface area contributed by atoms with Gasteiger partial charge >= 0.3 is 0 Å². The first-order chi connectivity index (χ1) is 6.67. The van der Waals surface area contributed by atoms with Gasteiger partial charge < -0.3 is 10.4 Å². The van der Waals surface area contributed by atoms with E-state index in [1.54, 1.807) is 18.2 Å². The molecule has 1 amide bonds. The molecule has 3 heteroatoms. The van der Waals surface area contributed by atoms with Crippen molar-refractivity contribution in [2.45, 2.75) is 20.3 Å². The molecule has 0 saturated carbocycles. The minimum Gasteiger partial charge on any atom is -0.507 e. The summed E-state index contributed by atoms with van der Waals surface area (Å²) in [6, 6.07) is 6.41. The lowest BCUT2D eigenvalue weighted by atomic mass is 10.2. The van der Waals surface area contributed by atoms with Gasteiger partial charge in [-0.2, -0.15) is 0 Å². The van der Waals surface area contributed by atoms with Crippen LogP contribution in [0.4, 0.5) is 0 Å². The molecule has 2 N–H and O–H groups in total. The molecule has 0 fully saturated rings. The van der Waals surface area contributed by atoms with Crippen molar-refractivity contribution in [1.29, 1.82) is 0 Å². The molecule has 0 spiro atoms. The monoisotopic (exact) mass is 195 g/mol. The number of para-hydroxylation sites is 1. The van der Waals surface area contributed by atoms with Crippen LogP contribution in [0.5, 0.6) is 5.75 Å². The normalized spacial score (nSPS) is 8.50. The van der Waals surface area contributed by atoms with Crippen molar-refractivity contribution in [1.82, 2.24) is 5.32 Å². The summed E-state index contributed by atoms with van der Waals surface area (Å²) in [5, 5.41) is 11.6. The summed E-state index contributed by atoms with van der Waals surface area (Å²) >= 11 is 0. The molecule has 0 aliphatic carbocycles. The van der Waals surface area contributed by atoms with Gasteiger partial charge in [-0.15, -0.1) is 0 Å². The maximum Gasteiger partial charge on any atom is 0.254 e. The number of phenols is 1. The largest absolute Gasteiger partial charge is 0.507 e. The fourth-order valence-electron chi connectivity index (χ4n) is 0.800. The maximum atomic E-state index is 11.0. The second-order valence-electron chi connectivity index (χ2n) is 2.80. The van der Waals surface area contributed by atoms with Gasteiger partial charge in [0.15, 0.2) is 0 Å². The molecule has 0 atom stereocenters. The standard InChI is InChI=1S/C8H9NO2.C3H8/c1-9-8(11)6-4-2-3-5-7(6)10;1-3-2/h2-5,10H,1H3,(H,9,11);3H2,1-2H3. The average molecular weight is 195 g/mol. The predicted molar refractivity (Wildman–Crippen MR) is 57.5 cm³/mol. The Morgan fingerprint density at radius 2 is 1.86 bits per heavy atom. The maximum absolute atomic E-state index is 11.0. The summed E-state index contributed by atoms with van der Waals surface area (Å²) in [5.74, 6) is -0.269. The van der Waals surface area contributed by atoms with Crippen molar-refractivity contribution < 1.29 is 9.90 Å². The minimum absolute atomic E-state index is 0.00634. The average Bonchev–Trinajstić information content (AvgIpc) is 2.19. The van der Waals surface area contributed by atoms with Crippen LogP contribution < -0.4 is 5.32 Å². The third-order valence-corrected chi connectivity index (χ3v) is 1.38. The van der Waals surface area contributed by atoms with Gasteiger partial charge in [0.25, 0.3) is 5.91 Å². The molecule has 1 aromatic carbocycles. The number of hydrogen-bond donors (Lipinski definition) is 2. The summed E-state index contributed by atoms with van der Waals surface area (Å²) < 4.78 is 0. The van der Waals surface area contributed by atoms with Crippen LogP contribution in [0.15, 0.2) is 24.3 Å². The Balaban J connectivity index is 0.000000500. The van der Waals surface area contributed by atoms with Crippen LogP contribution in [0.25, 0.3) is 0 Å². The van der Waals surface area contributed by atoms with Gasteiger partial charge in [0, 0.05) is 7.05 Å². The van der Waals surface area contributed by atoms with Crippen molar-refractivity contribution in [3.63, 3.8) is 0 Å². The van der Waals surface area contributed by atoms with E-state index < -0.39 is 0 Å². The van der Waals surface area contributed by atoms with E-state index in [0.717, 1.165) is 0 Å². The van der Waals surface area contributed by atoms with E-state index in [9.17, 15) is 4.79 Å². The van der Waals surface area contributed by atoms with E-state index >= 15 is 0 Å². The molecule has 0 saturated heterocycles. The van der Waals surface area contributed by atoms with E-state index in [4.69, 9.17) is 5.11 Å². The molecule has 0 bridgehead atoms. The fraction of sp³-hybridized carbons (Fsp3) is 0.364. The quantitative estimate of drug-likeness (QED) is 0.721. The topological polar surface area (TPSA) is 49.3 Å². The zero-order chi connectivity index (χ0) is 11.0. The van der Waals surface area contributed by atoms with Crippen LogP contribution in [0.3, 0.4) is 0 Å². The van der Waals surface area contributed by atoms with Gasteiger partial charge in [0.05, 0.1) is 5.56 Å². The minimum atomic E-state index is -0.275. The second-order valence-corrected chi connectivity index (χ2v) is 2.80. The number of benzene rings is 1. The Labute approximate surface area is 84.8 Å². The zero-order valence-electron chi connectivity index (χ0n) is 8.87. The van der Waals surface area contributed by atoms with Crippen molar-refractivity contribution >= 4 is 5.91 Å². The Morgan fingerprint density at radius 3 is 2.29 bits per heavy atom. The second kappa shape index (κ2) is 6.95. The Kier molecular flexibility index (Phi) is 6.20. The summed E-state index contributed by atoms with van der Waals surface area (Å²) in [4.78, 5) is 11.0. The van der Waals surface area contributed by atoms with Crippen LogP contribution in [-0.4, -0.2) is 18.1 Å². The van der Waals surface area contributed by atoms with Crippen molar-refractivity contribution in [3.05, 3.63) is 29.8 Å². The Morgan fingerprint density at radius 1 is 1.36 bits per heavy atom. The third kappa shape index (κ3) is 3.94. The van der Waals surface area contributed by atoms with Crippen LogP contribution in [0.1, 0.15) is 30.6 Å². The van der Waals surface area contributed by atoms with Gasteiger partial charge in [-0.1, -0.05) is 32.4 Å². The first-order valence-corrected chi connectivity index (χ1v) is 4.67. The van der Waals surface area contributed by atoms with Crippen LogP contribution in [0.2, 0.25) is 0 Å². The van der Waals surface area contributed by atoms with Gasteiger partial charge in [-0.3, -0.25) is 4.79 Å². The van der Waals surface area contributed by atoms with E-state index in [0.29, 0.717) is 5.56 Å². The highest BCUT2D eigenvalue weighted by Gasteiger charge is 2.06. The highest BCUT2D eigenvalue weighted by atomic mass is 16.3. The highest BCUT2D eigenvalue weighted by Crippen LogP contribution is 2.14. The van der Waals surface area contributed by atoms with Crippen molar-refractivity contribution in [3.8, 4) is 5.75 Å². The molecule has 3 nitrogen and oxygen atoms in total. The number of amides is 1. The summed E-state index contributed by atoms with van der Waals surface area (Å²) in [6.07, 6.45) is 1.25. The van der Waals surface area contributed by atoms with Crippen LogP contribution >= 0.6 is 0 Å². The van der Waals surface area contributed by atoms with E-state index in [1.165, 1.54) is 19.5 Å². The summed E-state index contributed by atoms with van der Waals surface area (Å²) in [5.41, 5.74) is 0.301. The van der Waals surface area contributed by atoms with Crippen LogP contribution in [0, 0.1) is 0 Å². The molecule has 78 valence electrons. The molecule has 0 aliphatic rings. The molecule has 1 aromatic rings. The Hall–Kier alpha value is -1.51. The van der Waals surface area contributed by atoms with E-state index in [-0.39, 0.29) is 11.7 Å². The smallest absolute Gasteiger partial charge is 0.254 e. The number of nitrogens with one attached hydrogen (secondary N) is 1. The first-order valence-electron chi connectivity index (χ1n) is 4.67. The number of hydrogen-bond acceptors (Lipinski definition) is 2. The first kappa shape index (κ1) is 12.5. The molecule has 0 radical (unpaired) electrons. The number of carbonyl (C=O) groups excluding carboxylic acids is 1. The van der Waals surface area contributed by atoms with E-state index in [1.807, 2.05) is 0 Å². The number of phenolic OH excluding ortho intramolecular Hbond substituents is 1. The molecule has 0 heterocycles. The van der Waals surface area contributed by atoms with Gasteiger partial charge in [-0.05, 0) is 12.1 Å². The highest BCUT2D eigenvalue weighted by molar-refractivity contribution is 5.96. The molecule has 0 aromatic heterocycles. The number of carbonyl (C=O) groups is 1. The molecular formula is C11H17NO2. The van der Waals surface area contributed by atoms with Crippen molar-refractivity contribution in [2.75, 3.05) is 7.05 Å². The molecule has 1 rings (SSSR count). The fourth-order valence-corrected chi connectivity index (χ4v) is 0.800. The lowest BCUT2D eigenvalue weighted by molar-refractivity contribution is 0.0960. The number of rotatable bonds is 1. The summed E-state index contributed by atoms with van der Waals surface area (Å²) in [7, 11) is 1.52. The Bertz CT molecular complexity index is 284. The molecule has 14 heavy (non-hydrogen) atoms. The van der Waals surface area contributed by atoms with Gasteiger partial charge in [0.1, 0.15) is 5.75 Å². The lowest BCUT2D eigenvalue weighted by Crippen LogP contribution is -2.17. The lowest BCUT2D eigenvalue weighted by Gasteiger charge is -2.00. The molecule has 0 unspecified atom stereocenters. The summed E-state index contributed by atoms with van der Waals surface area (Å²) in [6.45, 7) is 4.25. The van der Waals surface area contributed by atoms with Gasteiger partial charge in [-0.25, -0.2) is 0 Å². The predicted octanol–water partition coefficient (Wildman–Crippen LogP) is 2.17. The SMILES string of the molecule is CCC.CNC(=O)c1ccccc1O. The molecular weight excluding hydrogens is 178 g/mol. The van der Waals surface area contributed by atoms with Crippen LogP contribution in [-0.2, 0) is 0 Å². The van der Waals surface area contributed by atoms with Gasteiger partial charge in [0.2, 0.25) is 0 Å². The number of aromatic hydroxyl groups is 1. The zero-order valence-corrected chi connectivity index (χ0v) is 8.87. The molecule has 0 aliphatic heterocycles. The van der Waals surface area contributed by atoms with E-state index in [2.05, 4.69) is 19.2 Å². The third-order valence-electron chi connectivity index (χ3n) is 1.38. The van der Waals surface area contributed by atoms with Crippen molar-refractivity contribution in [2.24, 2.45) is 0 Å².